The van der Waals surface area contributed by atoms with Crippen LogP contribution >= 0.6 is 15.9 Å². The molecular formula is C16H23BrFN. The molecule has 0 saturated heterocycles. The molecule has 0 bridgehead atoms. The molecular weight excluding hydrogens is 305 g/mol. The minimum absolute atomic E-state index is 0.167. The van der Waals surface area contributed by atoms with E-state index in [1.807, 2.05) is 6.07 Å². The van der Waals surface area contributed by atoms with Gasteiger partial charge in [0.05, 0.1) is 0 Å². The second kappa shape index (κ2) is 7.39. The van der Waals surface area contributed by atoms with Crippen molar-refractivity contribution in [2.45, 2.75) is 51.5 Å². The lowest BCUT2D eigenvalue weighted by atomic mass is 9.80. The molecule has 0 aliphatic heterocycles. The van der Waals surface area contributed by atoms with Gasteiger partial charge in [-0.3, -0.25) is 0 Å². The third kappa shape index (κ3) is 4.28. The Bertz CT molecular complexity index is 408. The standard InChI is InChI=1S/C16H23BrFN/c1-2-9-19-16-6-4-3-5-13(16)10-12-7-8-14(18)11-15(12)17/h7-8,11,13,16,19H,2-6,9-10H2,1H3. The third-order valence-corrected chi connectivity index (χ3v) is 4.80. The van der Waals surface area contributed by atoms with Gasteiger partial charge >= 0.3 is 0 Å². The number of hydrogen-bond donors (Lipinski definition) is 1. The molecule has 0 heterocycles. The number of halogens is 2. The van der Waals surface area contributed by atoms with Crippen LogP contribution in [0.5, 0.6) is 0 Å². The Morgan fingerprint density at radius 1 is 1.32 bits per heavy atom. The van der Waals surface area contributed by atoms with E-state index < -0.39 is 0 Å². The molecule has 2 rings (SSSR count). The topological polar surface area (TPSA) is 12.0 Å². The molecule has 1 N–H and O–H groups in total. The summed E-state index contributed by atoms with van der Waals surface area (Å²) in [5.41, 5.74) is 1.23. The highest BCUT2D eigenvalue weighted by atomic mass is 79.9. The average Bonchev–Trinajstić information content (AvgIpc) is 2.41. The highest BCUT2D eigenvalue weighted by Gasteiger charge is 2.25. The van der Waals surface area contributed by atoms with Gasteiger partial charge in [0.2, 0.25) is 0 Å². The van der Waals surface area contributed by atoms with Crippen molar-refractivity contribution in [3.05, 3.63) is 34.1 Å². The van der Waals surface area contributed by atoms with E-state index in [-0.39, 0.29) is 5.82 Å². The Balaban J connectivity index is 2.02. The second-order valence-electron chi connectivity index (χ2n) is 5.55. The Morgan fingerprint density at radius 2 is 2.11 bits per heavy atom. The maximum absolute atomic E-state index is 13.1. The zero-order valence-corrected chi connectivity index (χ0v) is 13.2. The summed E-state index contributed by atoms with van der Waals surface area (Å²) in [5.74, 6) is 0.516. The van der Waals surface area contributed by atoms with Crippen molar-refractivity contribution < 1.29 is 4.39 Å². The quantitative estimate of drug-likeness (QED) is 0.827. The maximum atomic E-state index is 13.1. The summed E-state index contributed by atoms with van der Waals surface area (Å²) in [4.78, 5) is 0. The predicted molar refractivity (Wildman–Crippen MR) is 81.8 cm³/mol. The van der Waals surface area contributed by atoms with E-state index >= 15 is 0 Å². The first kappa shape index (κ1) is 15.0. The van der Waals surface area contributed by atoms with Crippen molar-refractivity contribution in [2.24, 2.45) is 5.92 Å². The summed E-state index contributed by atoms with van der Waals surface area (Å²) in [5, 5.41) is 3.68. The molecule has 3 heteroatoms. The first-order chi connectivity index (χ1) is 9.20. The van der Waals surface area contributed by atoms with Crippen LogP contribution in [0.25, 0.3) is 0 Å². The Hall–Kier alpha value is -0.410. The van der Waals surface area contributed by atoms with E-state index in [9.17, 15) is 4.39 Å². The van der Waals surface area contributed by atoms with Gasteiger partial charge in [-0.05, 0) is 55.8 Å². The van der Waals surface area contributed by atoms with Gasteiger partial charge in [0, 0.05) is 10.5 Å². The van der Waals surface area contributed by atoms with Crippen molar-refractivity contribution in [3.63, 3.8) is 0 Å². The lowest BCUT2D eigenvalue weighted by Gasteiger charge is -2.32. The third-order valence-electron chi connectivity index (χ3n) is 4.06. The van der Waals surface area contributed by atoms with Crippen LogP contribution in [-0.4, -0.2) is 12.6 Å². The number of rotatable bonds is 5. The molecule has 0 radical (unpaired) electrons. The number of hydrogen-bond acceptors (Lipinski definition) is 1. The SMILES string of the molecule is CCCNC1CCCCC1Cc1ccc(F)cc1Br. The van der Waals surface area contributed by atoms with Gasteiger partial charge in [-0.15, -0.1) is 0 Å². The van der Waals surface area contributed by atoms with Crippen molar-refractivity contribution in [2.75, 3.05) is 6.54 Å². The van der Waals surface area contributed by atoms with E-state index in [4.69, 9.17) is 0 Å². The van der Waals surface area contributed by atoms with Crippen molar-refractivity contribution in [3.8, 4) is 0 Å². The molecule has 2 unspecified atom stereocenters. The summed E-state index contributed by atoms with van der Waals surface area (Å²) >= 11 is 3.49. The highest BCUT2D eigenvalue weighted by molar-refractivity contribution is 9.10. The minimum Gasteiger partial charge on any atom is -0.314 e. The van der Waals surface area contributed by atoms with E-state index in [0.717, 1.165) is 17.4 Å². The molecule has 0 spiro atoms. The van der Waals surface area contributed by atoms with Crippen molar-refractivity contribution >= 4 is 15.9 Å². The summed E-state index contributed by atoms with van der Waals surface area (Å²) in [7, 11) is 0. The van der Waals surface area contributed by atoms with Crippen molar-refractivity contribution in [1.29, 1.82) is 0 Å². The molecule has 2 atom stereocenters. The zero-order chi connectivity index (χ0) is 13.7. The smallest absolute Gasteiger partial charge is 0.124 e. The summed E-state index contributed by atoms with van der Waals surface area (Å²) in [6, 6.07) is 5.69. The summed E-state index contributed by atoms with van der Waals surface area (Å²) in [6.07, 6.45) is 7.45. The van der Waals surface area contributed by atoms with Gasteiger partial charge in [0.1, 0.15) is 5.82 Å². The first-order valence-electron chi connectivity index (χ1n) is 7.38. The Kier molecular flexibility index (Phi) is 5.83. The van der Waals surface area contributed by atoms with Gasteiger partial charge in [0.25, 0.3) is 0 Å². The maximum Gasteiger partial charge on any atom is 0.124 e. The summed E-state index contributed by atoms with van der Waals surface area (Å²) < 4.78 is 14.0. The largest absolute Gasteiger partial charge is 0.314 e. The molecule has 106 valence electrons. The molecule has 1 aliphatic rings. The van der Waals surface area contributed by atoms with E-state index in [0.29, 0.717) is 12.0 Å². The Labute approximate surface area is 124 Å². The van der Waals surface area contributed by atoms with Crippen LogP contribution in [0.4, 0.5) is 4.39 Å². The molecule has 0 aromatic heterocycles. The molecule has 1 fully saturated rings. The fraction of sp³-hybridized carbons (Fsp3) is 0.625. The van der Waals surface area contributed by atoms with E-state index in [1.165, 1.54) is 37.7 Å². The van der Waals surface area contributed by atoms with Gasteiger partial charge in [0.15, 0.2) is 0 Å². The van der Waals surface area contributed by atoms with Crippen LogP contribution in [-0.2, 0) is 6.42 Å². The van der Waals surface area contributed by atoms with Crippen LogP contribution in [0.3, 0.4) is 0 Å². The van der Waals surface area contributed by atoms with Gasteiger partial charge in [-0.25, -0.2) is 4.39 Å². The highest BCUT2D eigenvalue weighted by Crippen LogP contribution is 2.30. The van der Waals surface area contributed by atoms with E-state index in [2.05, 4.69) is 28.2 Å². The number of nitrogens with one attached hydrogen (secondary N) is 1. The molecule has 1 aromatic carbocycles. The molecule has 1 aliphatic carbocycles. The predicted octanol–water partition coefficient (Wildman–Crippen LogP) is 4.69. The van der Waals surface area contributed by atoms with Crippen molar-refractivity contribution in [1.82, 2.24) is 5.32 Å². The summed E-state index contributed by atoms with van der Waals surface area (Å²) in [6.45, 7) is 3.31. The fourth-order valence-corrected chi connectivity index (χ4v) is 3.53. The fourth-order valence-electron chi connectivity index (χ4n) is 3.02. The Morgan fingerprint density at radius 3 is 2.84 bits per heavy atom. The first-order valence-corrected chi connectivity index (χ1v) is 8.17. The van der Waals surface area contributed by atoms with Crippen LogP contribution in [0.1, 0.15) is 44.6 Å². The molecule has 1 aromatic rings. The minimum atomic E-state index is -0.167. The van der Waals surface area contributed by atoms with Crippen LogP contribution < -0.4 is 5.32 Å². The van der Waals surface area contributed by atoms with Gasteiger partial charge < -0.3 is 5.32 Å². The van der Waals surface area contributed by atoms with Gasteiger partial charge in [-0.2, -0.15) is 0 Å². The van der Waals surface area contributed by atoms with Crippen LogP contribution in [0.2, 0.25) is 0 Å². The molecule has 1 nitrogen and oxygen atoms in total. The lowest BCUT2D eigenvalue weighted by molar-refractivity contribution is 0.261. The molecule has 0 amide bonds. The van der Waals surface area contributed by atoms with Crippen LogP contribution in [0, 0.1) is 11.7 Å². The normalized spacial score (nSPS) is 23.5. The van der Waals surface area contributed by atoms with E-state index in [1.54, 1.807) is 12.1 Å². The zero-order valence-electron chi connectivity index (χ0n) is 11.6. The second-order valence-corrected chi connectivity index (χ2v) is 6.40. The lowest BCUT2D eigenvalue weighted by Crippen LogP contribution is -2.39. The average molecular weight is 328 g/mol. The van der Waals surface area contributed by atoms with Gasteiger partial charge in [-0.1, -0.05) is 41.8 Å². The number of benzene rings is 1. The van der Waals surface area contributed by atoms with Crippen LogP contribution in [0.15, 0.2) is 22.7 Å². The molecule has 1 saturated carbocycles. The molecule has 19 heavy (non-hydrogen) atoms. The monoisotopic (exact) mass is 327 g/mol.